The maximum absolute atomic E-state index is 12.6. The summed E-state index contributed by atoms with van der Waals surface area (Å²) >= 11 is 0. The van der Waals surface area contributed by atoms with Crippen LogP contribution in [0.15, 0.2) is 24.3 Å². The molecule has 0 aliphatic heterocycles. The number of rotatable bonds is 8. The number of amides is 1. The Balaban J connectivity index is 1.66. The summed E-state index contributed by atoms with van der Waals surface area (Å²) in [5.74, 6) is 0.0203. The van der Waals surface area contributed by atoms with Gasteiger partial charge in [0, 0.05) is 12.1 Å². The lowest BCUT2D eigenvalue weighted by Crippen LogP contribution is -2.54. The van der Waals surface area contributed by atoms with Crippen LogP contribution in [0.4, 0.5) is 0 Å². The molecule has 1 aromatic heterocycles. The molecule has 3 rings (SSSR count). The summed E-state index contributed by atoms with van der Waals surface area (Å²) < 4.78 is 1.72. The van der Waals surface area contributed by atoms with Crippen molar-refractivity contribution in [1.82, 2.24) is 25.0 Å². The average molecular weight is 399 g/mol. The molecule has 0 radical (unpaired) electrons. The molecule has 1 saturated carbocycles. The number of carboxylic acid groups (broad SMARTS) is 1. The Morgan fingerprint density at radius 1 is 1.31 bits per heavy atom. The number of carbonyl (C=O) groups excluding carboxylic acids is 1. The molecular weight excluding hydrogens is 370 g/mol. The molecule has 1 heterocycles. The van der Waals surface area contributed by atoms with Crippen LogP contribution in [0.25, 0.3) is 5.69 Å². The van der Waals surface area contributed by atoms with Crippen molar-refractivity contribution in [1.29, 1.82) is 0 Å². The zero-order valence-corrected chi connectivity index (χ0v) is 17.4. The topological polar surface area (TPSA) is 100 Å². The number of aliphatic carboxylic acids is 1. The molecule has 1 aliphatic carbocycles. The second-order valence-electron chi connectivity index (χ2n) is 7.86. The Bertz CT molecular complexity index is 886. The number of hydrogen-bond acceptors (Lipinski definition) is 5. The highest BCUT2D eigenvalue weighted by Gasteiger charge is 2.35. The third-order valence-electron chi connectivity index (χ3n) is 5.47. The van der Waals surface area contributed by atoms with Crippen LogP contribution >= 0.6 is 0 Å². The Hall–Kier alpha value is -2.74. The fraction of sp³-hybridized carbons (Fsp3) is 0.524. The highest BCUT2D eigenvalue weighted by molar-refractivity contribution is 5.90. The quantitative estimate of drug-likeness (QED) is 0.707. The van der Waals surface area contributed by atoms with Crippen molar-refractivity contribution in [3.63, 3.8) is 0 Å². The second kappa shape index (κ2) is 8.73. The van der Waals surface area contributed by atoms with Crippen molar-refractivity contribution in [2.24, 2.45) is 0 Å². The fourth-order valence-electron chi connectivity index (χ4n) is 3.81. The summed E-state index contributed by atoms with van der Waals surface area (Å²) in [5, 5.41) is 16.4. The van der Waals surface area contributed by atoms with Gasteiger partial charge in [0.15, 0.2) is 0 Å². The fourth-order valence-corrected chi connectivity index (χ4v) is 3.81. The molecule has 0 spiro atoms. The molecule has 0 saturated heterocycles. The van der Waals surface area contributed by atoms with Crippen LogP contribution in [0, 0.1) is 6.92 Å². The summed E-state index contributed by atoms with van der Waals surface area (Å²) in [7, 11) is 0. The van der Waals surface area contributed by atoms with Crippen LogP contribution in [-0.4, -0.2) is 61.8 Å². The molecule has 8 nitrogen and oxygen atoms in total. The number of nitrogens with one attached hydrogen (secondary N) is 1. The van der Waals surface area contributed by atoms with Gasteiger partial charge < -0.3 is 10.4 Å². The Morgan fingerprint density at radius 3 is 2.62 bits per heavy atom. The first-order chi connectivity index (χ1) is 13.8. The molecule has 2 aromatic rings. The summed E-state index contributed by atoms with van der Waals surface area (Å²) in [4.78, 5) is 29.9. The van der Waals surface area contributed by atoms with Crippen molar-refractivity contribution in [2.45, 2.75) is 58.5 Å². The molecule has 0 bridgehead atoms. The van der Waals surface area contributed by atoms with E-state index in [4.69, 9.17) is 5.11 Å². The lowest BCUT2D eigenvalue weighted by atomic mass is 9.85. The summed E-state index contributed by atoms with van der Waals surface area (Å²) in [6.45, 7) is 8.74. The van der Waals surface area contributed by atoms with Crippen LogP contribution < -0.4 is 5.32 Å². The number of aryl methyl sites for hydroxylation is 1. The standard InChI is InChI=1S/C21H29N5O3/c1-5-25(12-19(27)28)16-10-15(11-16)23-21(29)20-22-14(4)26(24-20)18-9-7-6-8-17(18)13(2)3/h6-9,13,15-16H,5,10-12H2,1-4H3,(H,23,29)(H,27,28). The van der Waals surface area contributed by atoms with Crippen molar-refractivity contribution in [3.8, 4) is 5.69 Å². The molecule has 8 heteroatoms. The highest BCUT2D eigenvalue weighted by Crippen LogP contribution is 2.26. The number of carbonyl (C=O) groups is 2. The predicted octanol–water partition coefficient (Wildman–Crippen LogP) is 2.37. The van der Waals surface area contributed by atoms with E-state index in [0.717, 1.165) is 24.1 Å². The first kappa shape index (κ1) is 21.0. The molecule has 1 amide bonds. The smallest absolute Gasteiger partial charge is 0.317 e. The average Bonchev–Trinajstić information content (AvgIpc) is 3.04. The van der Waals surface area contributed by atoms with Crippen molar-refractivity contribution in [2.75, 3.05) is 13.1 Å². The van der Waals surface area contributed by atoms with Crippen LogP contribution in [0.3, 0.4) is 0 Å². The number of hydrogen-bond donors (Lipinski definition) is 2. The van der Waals surface area contributed by atoms with Crippen LogP contribution in [0.5, 0.6) is 0 Å². The molecule has 0 atom stereocenters. The summed E-state index contributed by atoms with van der Waals surface area (Å²) in [5.41, 5.74) is 2.08. The highest BCUT2D eigenvalue weighted by atomic mass is 16.4. The van der Waals surface area contributed by atoms with Crippen molar-refractivity contribution in [3.05, 3.63) is 41.5 Å². The third-order valence-corrected chi connectivity index (χ3v) is 5.47. The number of benzene rings is 1. The van der Waals surface area contributed by atoms with E-state index in [0.29, 0.717) is 18.3 Å². The maximum atomic E-state index is 12.6. The van der Waals surface area contributed by atoms with Gasteiger partial charge in [-0.1, -0.05) is 39.0 Å². The van der Waals surface area contributed by atoms with Gasteiger partial charge >= 0.3 is 5.97 Å². The number of carboxylic acids is 1. The molecular formula is C21H29N5O3. The van der Waals surface area contributed by atoms with E-state index in [1.165, 1.54) is 0 Å². The lowest BCUT2D eigenvalue weighted by molar-refractivity contribution is -0.139. The Kier molecular flexibility index (Phi) is 6.32. The first-order valence-corrected chi connectivity index (χ1v) is 10.1. The van der Waals surface area contributed by atoms with E-state index >= 15 is 0 Å². The van der Waals surface area contributed by atoms with Gasteiger partial charge in [-0.2, -0.15) is 0 Å². The number of likely N-dealkylation sites (N-methyl/N-ethyl adjacent to an activating group) is 1. The zero-order chi connectivity index (χ0) is 21.1. The van der Waals surface area contributed by atoms with Crippen LogP contribution in [0.1, 0.15) is 61.5 Å². The maximum Gasteiger partial charge on any atom is 0.317 e. The summed E-state index contributed by atoms with van der Waals surface area (Å²) in [6, 6.07) is 8.20. The molecule has 1 aliphatic rings. The predicted molar refractivity (Wildman–Crippen MR) is 109 cm³/mol. The van der Waals surface area contributed by atoms with E-state index < -0.39 is 5.97 Å². The minimum Gasteiger partial charge on any atom is -0.480 e. The molecule has 156 valence electrons. The zero-order valence-electron chi connectivity index (χ0n) is 17.4. The van der Waals surface area contributed by atoms with E-state index in [1.807, 2.05) is 36.9 Å². The van der Waals surface area contributed by atoms with Gasteiger partial charge in [0.2, 0.25) is 5.82 Å². The van der Waals surface area contributed by atoms with Crippen LogP contribution in [-0.2, 0) is 4.79 Å². The number of para-hydroxylation sites is 1. The molecule has 1 fully saturated rings. The minimum atomic E-state index is -0.828. The molecule has 0 unspecified atom stereocenters. The third kappa shape index (κ3) is 4.64. The normalized spacial score (nSPS) is 18.7. The van der Waals surface area contributed by atoms with Gasteiger partial charge in [-0.05, 0) is 43.9 Å². The lowest BCUT2D eigenvalue weighted by Gasteiger charge is -2.42. The second-order valence-corrected chi connectivity index (χ2v) is 7.86. The molecule has 29 heavy (non-hydrogen) atoms. The number of nitrogens with zero attached hydrogens (tertiary/aromatic N) is 4. The van der Waals surface area contributed by atoms with E-state index in [1.54, 1.807) is 4.68 Å². The van der Waals surface area contributed by atoms with Gasteiger partial charge in [0.1, 0.15) is 5.82 Å². The molecule has 2 N–H and O–H groups in total. The Labute approximate surface area is 170 Å². The van der Waals surface area contributed by atoms with Gasteiger partial charge in [0.25, 0.3) is 5.91 Å². The van der Waals surface area contributed by atoms with Crippen molar-refractivity contribution < 1.29 is 14.7 Å². The largest absolute Gasteiger partial charge is 0.480 e. The van der Waals surface area contributed by atoms with Crippen molar-refractivity contribution >= 4 is 11.9 Å². The SMILES string of the molecule is CCN(CC(=O)O)C1CC(NC(=O)c2nc(C)n(-c3ccccc3C(C)C)n2)C1. The number of aromatic nitrogens is 3. The van der Waals surface area contributed by atoms with E-state index in [9.17, 15) is 9.59 Å². The van der Waals surface area contributed by atoms with Gasteiger partial charge in [-0.15, -0.1) is 5.10 Å². The van der Waals surface area contributed by atoms with Gasteiger partial charge in [-0.25, -0.2) is 9.67 Å². The van der Waals surface area contributed by atoms with Crippen LogP contribution in [0.2, 0.25) is 0 Å². The van der Waals surface area contributed by atoms with Gasteiger partial charge in [0.05, 0.1) is 12.2 Å². The minimum absolute atomic E-state index is 0.0190. The van der Waals surface area contributed by atoms with E-state index in [-0.39, 0.29) is 30.4 Å². The van der Waals surface area contributed by atoms with Gasteiger partial charge in [-0.3, -0.25) is 14.5 Å². The summed E-state index contributed by atoms with van der Waals surface area (Å²) in [6.07, 6.45) is 1.48. The van der Waals surface area contributed by atoms with E-state index in [2.05, 4.69) is 35.3 Å². The Morgan fingerprint density at radius 2 is 2.00 bits per heavy atom. The monoisotopic (exact) mass is 399 g/mol. The first-order valence-electron chi connectivity index (χ1n) is 10.1. The molecule has 1 aromatic carbocycles.